The van der Waals surface area contributed by atoms with Crippen LogP contribution >= 0.6 is 0 Å². The number of nitrogens with one attached hydrogen (secondary N) is 1. The molecule has 1 aromatic heterocycles. The van der Waals surface area contributed by atoms with Gasteiger partial charge in [0.15, 0.2) is 0 Å². The summed E-state index contributed by atoms with van der Waals surface area (Å²) in [5.41, 5.74) is 5.74. The molecule has 17 heavy (non-hydrogen) atoms. The predicted octanol–water partition coefficient (Wildman–Crippen LogP) is 1.22. The summed E-state index contributed by atoms with van der Waals surface area (Å²) in [5, 5.41) is 2.91. The SMILES string of the molecule is CC1CCCC1CNC(=O)c1cnc(N)cn1. The van der Waals surface area contributed by atoms with Crippen LogP contribution in [0.15, 0.2) is 12.4 Å². The summed E-state index contributed by atoms with van der Waals surface area (Å²) in [6.45, 7) is 2.97. The number of amides is 1. The number of hydrogen-bond donors (Lipinski definition) is 2. The van der Waals surface area contributed by atoms with E-state index >= 15 is 0 Å². The zero-order chi connectivity index (χ0) is 12.3. The third kappa shape index (κ3) is 2.93. The summed E-state index contributed by atoms with van der Waals surface area (Å²) < 4.78 is 0. The fourth-order valence-corrected chi connectivity index (χ4v) is 2.30. The maximum absolute atomic E-state index is 11.8. The maximum atomic E-state index is 11.8. The number of nitrogen functional groups attached to an aromatic ring is 1. The molecular formula is C12H18N4O. The van der Waals surface area contributed by atoms with Gasteiger partial charge in [-0.2, -0.15) is 0 Å². The second kappa shape index (κ2) is 5.12. The summed E-state index contributed by atoms with van der Waals surface area (Å²) in [7, 11) is 0. The normalized spacial score (nSPS) is 23.6. The minimum absolute atomic E-state index is 0.170. The van der Waals surface area contributed by atoms with Crippen molar-refractivity contribution in [1.29, 1.82) is 0 Å². The molecule has 1 aromatic rings. The molecule has 1 aliphatic rings. The Kier molecular flexibility index (Phi) is 3.56. The third-order valence-electron chi connectivity index (χ3n) is 3.47. The first-order valence-electron chi connectivity index (χ1n) is 6.02. The topological polar surface area (TPSA) is 80.9 Å². The first kappa shape index (κ1) is 11.8. The highest BCUT2D eigenvalue weighted by molar-refractivity contribution is 5.91. The Labute approximate surface area is 101 Å². The molecule has 1 aliphatic carbocycles. The van der Waals surface area contributed by atoms with Gasteiger partial charge in [0.1, 0.15) is 11.5 Å². The van der Waals surface area contributed by atoms with Gasteiger partial charge >= 0.3 is 0 Å². The van der Waals surface area contributed by atoms with Gasteiger partial charge < -0.3 is 11.1 Å². The molecular weight excluding hydrogens is 216 g/mol. The average molecular weight is 234 g/mol. The van der Waals surface area contributed by atoms with Crippen LogP contribution in [0.5, 0.6) is 0 Å². The van der Waals surface area contributed by atoms with Gasteiger partial charge in [-0.05, 0) is 18.3 Å². The molecule has 3 N–H and O–H groups in total. The summed E-state index contributed by atoms with van der Waals surface area (Å²) in [5.74, 6) is 1.45. The third-order valence-corrected chi connectivity index (χ3v) is 3.47. The first-order valence-corrected chi connectivity index (χ1v) is 6.02. The Morgan fingerprint density at radius 1 is 1.47 bits per heavy atom. The number of nitrogens with zero attached hydrogens (tertiary/aromatic N) is 2. The predicted molar refractivity (Wildman–Crippen MR) is 65.3 cm³/mol. The monoisotopic (exact) mass is 234 g/mol. The zero-order valence-electron chi connectivity index (χ0n) is 10.0. The van der Waals surface area contributed by atoms with E-state index in [0.717, 1.165) is 6.54 Å². The molecule has 1 heterocycles. The molecule has 0 bridgehead atoms. The Hall–Kier alpha value is -1.65. The van der Waals surface area contributed by atoms with E-state index in [1.807, 2.05) is 0 Å². The molecule has 2 unspecified atom stereocenters. The number of carbonyl (C=O) groups is 1. The van der Waals surface area contributed by atoms with Crippen LogP contribution in [-0.2, 0) is 0 Å². The van der Waals surface area contributed by atoms with Crippen LogP contribution in [0.1, 0.15) is 36.7 Å². The molecule has 1 amide bonds. The number of carbonyl (C=O) groups excluding carboxylic acids is 1. The van der Waals surface area contributed by atoms with Gasteiger partial charge in [0.2, 0.25) is 0 Å². The van der Waals surface area contributed by atoms with Crippen LogP contribution in [0.2, 0.25) is 0 Å². The lowest BCUT2D eigenvalue weighted by molar-refractivity contribution is 0.0939. The van der Waals surface area contributed by atoms with Crippen LogP contribution in [0, 0.1) is 11.8 Å². The second-order valence-corrected chi connectivity index (χ2v) is 4.70. The van der Waals surface area contributed by atoms with E-state index in [1.165, 1.54) is 31.7 Å². The van der Waals surface area contributed by atoms with Gasteiger partial charge in [-0.3, -0.25) is 4.79 Å². The minimum Gasteiger partial charge on any atom is -0.382 e. The van der Waals surface area contributed by atoms with Gasteiger partial charge in [0, 0.05) is 6.54 Å². The van der Waals surface area contributed by atoms with Crippen molar-refractivity contribution in [3.63, 3.8) is 0 Å². The average Bonchev–Trinajstić information content (AvgIpc) is 2.73. The van der Waals surface area contributed by atoms with Crippen molar-refractivity contribution < 1.29 is 4.79 Å². The van der Waals surface area contributed by atoms with Crippen LogP contribution in [0.25, 0.3) is 0 Å². The van der Waals surface area contributed by atoms with Crippen LogP contribution in [0.3, 0.4) is 0 Å². The number of nitrogens with two attached hydrogens (primary N) is 1. The van der Waals surface area contributed by atoms with Gasteiger partial charge in [0.05, 0.1) is 12.4 Å². The van der Waals surface area contributed by atoms with Crippen molar-refractivity contribution in [2.45, 2.75) is 26.2 Å². The van der Waals surface area contributed by atoms with E-state index in [-0.39, 0.29) is 5.91 Å². The highest BCUT2D eigenvalue weighted by Gasteiger charge is 2.23. The van der Waals surface area contributed by atoms with Crippen molar-refractivity contribution in [2.75, 3.05) is 12.3 Å². The van der Waals surface area contributed by atoms with Crippen molar-refractivity contribution in [3.05, 3.63) is 18.1 Å². The molecule has 0 radical (unpaired) electrons. The minimum atomic E-state index is -0.170. The Morgan fingerprint density at radius 2 is 2.29 bits per heavy atom. The molecule has 0 aliphatic heterocycles. The highest BCUT2D eigenvalue weighted by Crippen LogP contribution is 2.30. The van der Waals surface area contributed by atoms with Crippen molar-refractivity contribution in [3.8, 4) is 0 Å². The van der Waals surface area contributed by atoms with Gasteiger partial charge in [-0.15, -0.1) is 0 Å². The lowest BCUT2D eigenvalue weighted by Gasteiger charge is -2.15. The molecule has 92 valence electrons. The number of rotatable bonds is 3. The number of aromatic nitrogens is 2. The zero-order valence-corrected chi connectivity index (χ0v) is 10.0. The Bertz CT molecular complexity index is 390. The molecule has 0 spiro atoms. The van der Waals surface area contributed by atoms with E-state index in [4.69, 9.17) is 5.73 Å². The molecule has 2 rings (SSSR count). The quantitative estimate of drug-likeness (QED) is 0.824. The fourth-order valence-electron chi connectivity index (χ4n) is 2.30. The van der Waals surface area contributed by atoms with Gasteiger partial charge in [-0.1, -0.05) is 19.8 Å². The fraction of sp³-hybridized carbons (Fsp3) is 0.583. The first-order chi connectivity index (χ1) is 8.16. The lowest BCUT2D eigenvalue weighted by atomic mass is 9.98. The van der Waals surface area contributed by atoms with Crippen molar-refractivity contribution >= 4 is 11.7 Å². The summed E-state index contributed by atoms with van der Waals surface area (Å²) in [4.78, 5) is 19.6. The van der Waals surface area contributed by atoms with Crippen LogP contribution < -0.4 is 11.1 Å². The number of hydrogen-bond acceptors (Lipinski definition) is 4. The summed E-state index contributed by atoms with van der Waals surface area (Å²) in [6.07, 6.45) is 6.54. The van der Waals surface area contributed by atoms with Crippen LogP contribution in [0.4, 0.5) is 5.82 Å². The Balaban J connectivity index is 1.87. The van der Waals surface area contributed by atoms with Crippen molar-refractivity contribution in [2.24, 2.45) is 11.8 Å². The van der Waals surface area contributed by atoms with Gasteiger partial charge in [0.25, 0.3) is 5.91 Å². The van der Waals surface area contributed by atoms with E-state index in [9.17, 15) is 4.79 Å². The van der Waals surface area contributed by atoms with E-state index in [2.05, 4.69) is 22.2 Å². The standard InChI is InChI=1S/C12H18N4O/c1-8-3-2-4-9(8)5-16-12(17)10-6-15-11(13)7-14-10/h6-9H,2-5H2,1H3,(H2,13,15)(H,16,17). The smallest absolute Gasteiger partial charge is 0.271 e. The molecule has 1 fully saturated rings. The van der Waals surface area contributed by atoms with E-state index in [1.54, 1.807) is 0 Å². The second-order valence-electron chi connectivity index (χ2n) is 4.70. The Morgan fingerprint density at radius 3 is 2.88 bits per heavy atom. The largest absolute Gasteiger partial charge is 0.382 e. The maximum Gasteiger partial charge on any atom is 0.271 e. The molecule has 0 aromatic carbocycles. The molecule has 0 saturated heterocycles. The molecule has 2 atom stereocenters. The number of anilines is 1. The van der Waals surface area contributed by atoms with Crippen molar-refractivity contribution in [1.82, 2.24) is 15.3 Å². The molecule has 5 heteroatoms. The lowest BCUT2D eigenvalue weighted by Crippen LogP contribution is -2.30. The van der Waals surface area contributed by atoms with Gasteiger partial charge in [-0.25, -0.2) is 9.97 Å². The van der Waals surface area contributed by atoms with Crippen LogP contribution in [-0.4, -0.2) is 22.4 Å². The molecule has 1 saturated carbocycles. The summed E-state index contributed by atoms with van der Waals surface area (Å²) in [6, 6.07) is 0. The highest BCUT2D eigenvalue weighted by atomic mass is 16.1. The molecule has 5 nitrogen and oxygen atoms in total. The summed E-state index contributed by atoms with van der Waals surface area (Å²) >= 11 is 0. The van der Waals surface area contributed by atoms with E-state index in [0.29, 0.717) is 23.3 Å². The van der Waals surface area contributed by atoms with E-state index < -0.39 is 0 Å².